The number of nitrogens with one attached hydrogen (secondary N) is 2. The molecule has 0 aromatic carbocycles. The van der Waals surface area contributed by atoms with Crippen LogP contribution in [0.5, 0.6) is 0 Å². The first-order chi connectivity index (χ1) is 13.1. The minimum absolute atomic E-state index is 0.0851. The van der Waals surface area contributed by atoms with E-state index < -0.39 is 6.04 Å². The summed E-state index contributed by atoms with van der Waals surface area (Å²) >= 11 is 0. The van der Waals surface area contributed by atoms with E-state index in [1.54, 1.807) is 12.4 Å². The van der Waals surface area contributed by atoms with Crippen LogP contribution in [0.3, 0.4) is 0 Å². The Labute approximate surface area is 156 Å². The number of fused-ring (bicyclic) bond motifs is 1. The lowest BCUT2D eigenvalue weighted by Crippen LogP contribution is -2.45. The number of aromatic nitrogens is 4. The monoisotopic (exact) mass is 366 g/mol. The molecule has 0 unspecified atom stereocenters. The van der Waals surface area contributed by atoms with Crippen LogP contribution in [0.1, 0.15) is 32.6 Å². The molecule has 27 heavy (non-hydrogen) atoms. The molecule has 0 bridgehead atoms. The summed E-state index contributed by atoms with van der Waals surface area (Å²) in [4.78, 5) is 21.9. The number of pyridine rings is 1. The summed E-state index contributed by atoms with van der Waals surface area (Å²) in [7, 11) is 0. The van der Waals surface area contributed by atoms with Crippen molar-refractivity contribution in [2.24, 2.45) is 5.41 Å². The van der Waals surface area contributed by atoms with E-state index in [-0.39, 0.29) is 11.9 Å². The summed E-state index contributed by atoms with van der Waals surface area (Å²) in [5.41, 5.74) is 2.19. The van der Waals surface area contributed by atoms with Crippen molar-refractivity contribution in [2.45, 2.75) is 38.6 Å². The molecule has 8 nitrogen and oxygen atoms in total. The predicted molar refractivity (Wildman–Crippen MR) is 100.0 cm³/mol. The van der Waals surface area contributed by atoms with Crippen LogP contribution in [0, 0.1) is 5.41 Å². The molecule has 1 aliphatic heterocycles. The van der Waals surface area contributed by atoms with Gasteiger partial charge in [0.15, 0.2) is 0 Å². The molecule has 1 spiro atoms. The Kier molecular flexibility index (Phi) is 3.66. The molecule has 3 aromatic heterocycles. The number of hydrogen-bond acceptors (Lipinski definition) is 6. The summed E-state index contributed by atoms with van der Waals surface area (Å²) in [6, 6.07) is 3.69. The second-order valence-electron chi connectivity index (χ2n) is 7.75. The number of hydrogen-bond donors (Lipinski definition) is 2. The van der Waals surface area contributed by atoms with Gasteiger partial charge in [0, 0.05) is 24.7 Å². The van der Waals surface area contributed by atoms with Gasteiger partial charge in [-0.2, -0.15) is 0 Å². The summed E-state index contributed by atoms with van der Waals surface area (Å²) in [5, 5.41) is 12.2. The molecule has 2 aliphatic rings. The van der Waals surface area contributed by atoms with E-state index >= 15 is 0 Å². The summed E-state index contributed by atoms with van der Waals surface area (Å²) in [6.45, 7) is 3.54. The average molecular weight is 366 g/mol. The van der Waals surface area contributed by atoms with Crippen LogP contribution in [-0.4, -0.2) is 50.1 Å². The summed E-state index contributed by atoms with van der Waals surface area (Å²) in [6.07, 6.45) is 8.41. The lowest BCUT2D eigenvalue weighted by molar-refractivity contribution is -0.133. The van der Waals surface area contributed by atoms with Crippen LogP contribution in [0.15, 0.2) is 28.9 Å². The van der Waals surface area contributed by atoms with Crippen molar-refractivity contribution in [1.29, 1.82) is 0 Å². The first-order valence-electron chi connectivity index (χ1n) is 9.44. The number of carbonyl (C=O) groups is 1. The minimum atomic E-state index is -0.404. The van der Waals surface area contributed by atoms with Gasteiger partial charge in [-0.15, -0.1) is 5.10 Å². The van der Waals surface area contributed by atoms with Gasteiger partial charge in [-0.1, -0.05) is 5.10 Å². The quantitative estimate of drug-likeness (QED) is 0.736. The molecular formula is C19H22N6O2. The average Bonchev–Trinajstić information content (AvgIpc) is 3.10. The second kappa shape index (κ2) is 6.07. The number of carbonyl (C=O) groups excluding carboxylic acids is 1. The molecule has 1 aliphatic carbocycles. The summed E-state index contributed by atoms with van der Waals surface area (Å²) < 4.78 is 5.69. The molecule has 1 saturated carbocycles. The van der Waals surface area contributed by atoms with Gasteiger partial charge >= 0.3 is 6.01 Å². The SMILES string of the molecule is C[C@H](Nc1nnc(-c2cc3ccncc3[nH]2)o1)C(=O)N1CCC2(CC1)CC2. The van der Waals surface area contributed by atoms with Gasteiger partial charge in [0.05, 0.1) is 11.7 Å². The maximum Gasteiger partial charge on any atom is 0.316 e. The maximum atomic E-state index is 12.7. The maximum absolute atomic E-state index is 12.7. The zero-order valence-electron chi connectivity index (χ0n) is 15.2. The van der Waals surface area contributed by atoms with Gasteiger partial charge < -0.3 is 19.6 Å². The Hall–Kier alpha value is -2.90. The van der Waals surface area contributed by atoms with Crippen LogP contribution in [0.4, 0.5) is 6.01 Å². The number of nitrogens with zero attached hydrogens (tertiary/aromatic N) is 4. The van der Waals surface area contributed by atoms with Crippen molar-refractivity contribution in [2.75, 3.05) is 18.4 Å². The van der Waals surface area contributed by atoms with Gasteiger partial charge in [0.2, 0.25) is 5.91 Å². The molecule has 2 N–H and O–H groups in total. The molecule has 8 heteroatoms. The molecule has 140 valence electrons. The fourth-order valence-electron chi connectivity index (χ4n) is 3.88. The molecule has 5 rings (SSSR count). The van der Waals surface area contributed by atoms with Crippen molar-refractivity contribution >= 4 is 22.8 Å². The molecular weight excluding hydrogens is 344 g/mol. The zero-order chi connectivity index (χ0) is 18.4. The van der Waals surface area contributed by atoms with Crippen LogP contribution in [-0.2, 0) is 4.79 Å². The third-order valence-corrected chi connectivity index (χ3v) is 5.88. The van der Waals surface area contributed by atoms with Crippen LogP contribution in [0.25, 0.3) is 22.5 Å². The van der Waals surface area contributed by atoms with Crippen molar-refractivity contribution in [3.8, 4) is 11.6 Å². The molecule has 0 radical (unpaired) electrons. The van der Waals surface area contributed by atoms with Crippen molar-refractivity contribution < 1.29 is 9.21 Å². The Balaban J connectivity index is 1.25. The van der Waals surface area contributed by atoms with Gasteiger partial charge in [-0.25, -0.2) is 0 Å². The molecule has 4 heterocycles. The Morgan fingerprint density at radius 2 is 2.11 bits per heavy atom. The highest BCUT2D eigenvalue weighted by atomic mass is 16.4. The normalized spacial score (nSPS) is 19.4. The smallest absolute Gasteiger partial charge is 0.316 e. The van der Waals surface area contributed by atoms with Gasteiger partial charge in [-0.05, 0) is 50.2 Å². The van der Waals surface area contributed by atoms with Gasteiger partial charge in [0.1, 0.15) is 11.7 Å². The summed E-state index contributed by atoms with van der Waals surface area (Å²) in [5.74, 6) is 0.462. The molecule has 1 atom stereocenters. The van der Waals surface area contributed by atoms with Gasteiger partial charge in [-0.3, -0.25) is 9.78 Å². The first-order valence-corrected chi connectivity index (χ1v) is 9.44. The van der Waals surface area contributed by atoms with Gasteiger partial charge in [0.25, 0.3) is 5.89 Å². The number of anilines is 1. The second-order valence-corrected chi connectivity index (χ2v) is 7.75. The fourth-order valence-corrected chi connectivity index (χ4v) is 3.88. The number of aromatic amines is 1. The minimum Gasteiger partial charge on any atom is -0.402 e. The van der Waals surface area contributed by atoms with E-state index in [1.165, 1.54) is 12.8 Å². The van der Waals surface area contributed by atoms with Crippen LogP contribution >= 0.6 is 0 Å². The number of piperidine rings is 1. The highest BCUT2D eigenvalue weighted by molar-refractivity contribution is 5.84. The van der Waals surface area contributed by atoms with Crippen molar-refractivity contribution in [3.63, 3.8) is 0 Å². The molecule has 1 amide bonds. The molecule has 1 saturated heterocycles. The van der Waals surface area contributed by atoms with E-state index in [1.807, 2.05) is 24.0 Å². The first kappa shape index (κ1) is 16.3. The number of likely N-dealkylation sites (tertiary alicyclic amines) is 1. The van der Waals surface area contributed by atoms with E-state index in [9.17, 15) is 4.79 Å². The topological polar surface area (TPSA) is 99.9 Å². The van der Waals surface area contributed by atoms with E-state index in [4.69, 9.17) is 4.42 Å². The highest BCUT2D eigenvalue weighted by Crippen LogP contribution is 2.53. The third kappa shape index (κ3) is 3.05. The Morgan fingerprint density at radius 1 is 1.30 bits per heavy atom. The van der Waals surface area contributed by atoms with E-state index in [0.717, 1.165) is 42.5 Å². The largest absolute Gasteiger partial charge is 0.402 e. The fraction of sp³-hybridized carbons (Fsp3) is 0.474. The highest BCUT2D eigenvalue weighted by Gasteiger charge is 2.45. The predicted octanol–water partition coefficient (Wildman–Crippen LogP) is 2.82. The lowest BCUT2D eigenvalue weighted by Gasteiger charge is -2.33. The van der Waals surface area contributed by atoms with E-state index in [0.29, 0.717) is 11.3 Å². The van der Waals surface area contributed by atoms with Crippen LogP contribution < -0.4 is 5.32 Å². The van der Waals surface area contributed by atoms with Crippen LogP contribution in [0.2, 0.25) is 0 Å². The standard InChI is InChI=1S/C19H22N6O2/c1-12(17(26)25-8-5-19(3-4-19)6-9-25)21-18-24-23-16(27-18)14-10-13-2-7-20-11-15(13)22-14/h2,7,10-12,22H,3-6,8-9H2,1H3,(H,21,24)/t12-/m0/s1. The van der Waals surface area contributed by atoms with Crippen molar-refractivity contribution in [3.05, 3.63) is 24.5 Å². The number of amides is 1. The number of rotatable bonds is 4. The number of H-pyrrole nitrogens is 1. The van der Waals surface area contributed by atoms with E-state index in [2.05, 4.69) is 25.5 Å². The zero-order valence-corrected chi connectivity index (χ0v) is 15.2. The molecule has 3 aromatic rings. The Bertz CT molecular complexity index is 946. The van der Waals surface area contributed by atoms with Crippen molar-refractivity contribution in [1.82, 2.24) is 25.1 Å². The third-order valence-electron chi connectivity index (χ3n) is 5.88. The lowest BCUT2D eigenvalue weighted by atomic mass is 9.93. The Morgan fingerprint density at radius 3 is 2.85 bits per heavy atom. The molecule has 2 fully saturated rings.